The van der Waals surface area contributed by atoms with Crippen LogP contribution in [0.1, 0.15) is 29.6 Å². The van der Waals surface area contributed by atoms with Crippen LogP contribution in [0.3, 0.4) is 0 Å². The van der Waals surface area contributed by atoms with Gasteiger partial charge in [0.15, 0.2) is 16.1 Å². The van der Waals surface area contributed by atoms with Crippen LogP contribution in [0.4, 0.5) is 5.69 Å². The molecular weight excluding hydrogens is 364 g/mol. The number of rotatable bonds is 4. The summed E-state index contributed by atoms with van der Waals surface area (Å²) >= 11 is 0. The smallest absolute Gasteiger partial charge is 0.288 e. The van der Waals surface area contributed by atoms with Gasteiger partial charge in [-0.15, -0.1) is 0 Å². The third kappa shape index (κ3) is 3.71. The number of sulfone groups is 1. The lowest BCUT2D eigenvalue weighted by Gasteiger charge is -2.38. The summed E-state index contributed by atoms with van der Waals surface area (Å²) in [5.41, 5.74) is -0.519. The second kappa shape index (κ2) is 7.29. The van der Waals surface area contributed by atoms with Crippen molar-refractivity contribution in [1.82, 2.24) is 4.90 Å². The van der Waals surface area contributed by atoms with Crippen molar-refractivity contribution in [1.29, 1.82) is 0 Å². The number of nitrogens with zero attached hydrogens (tertiary/aromatic N) is 2. The standard InChI is InChI=1S/C16H20N2O7S/c1-26(22,23)14-6-5-11(10-13(14)18(20)21)15(19)17-7-3-2-4-12(17)16-24-8-9-25-16/h5-6,10,12,16H,2-4,7-9H2,1H3. The molecule has 2 aliphatic rings. The van der Waals surface area contributed by atoms with E-state index in [1.807, 2.05) is 0 Å². The summed E-state index contributed by atoms with van der Waals surface area (Å²) in [6.45, 7) is 1.43. The van der Waals surface area contributed by atoms with E-state index in [4.69, 9.17) is 9.47 Å². The maximum Gasteiger partial charge on any atom is 0.288 e. The normalized spacial score (nSPS) is 21.7. The molecule has 0 saturated carbocycles. The van der Waals surface area contributed by atoms with Crippen LogP contribution < -0.4 is 0 Å². The van der Waals surface area contributed by atoms with E-state index in [0.29, 0.717) is 19.8 Å². The van der Waals surface area contributed by atoms with Gasteiger partial charge in [0.25, 0.3) is 11.6 Å². The first-order valence-electron chi connectivity index (χ1n) is 8.31. The lowest BCUT2D eigenvalue weighted by atomic mass is 10.00. The summed E-state index contributed by atoms with van der Waals surface area (Å²) in [5.74, 6) is -0.392. The molecule has 0 radical (unpaired) electrons. The molecule has 9 nitrogen and oxygen atoms in total. The van der Waals surface area contributed by atoms with E-state index in [1.165, 1.54) is 6.07 Å². The third-order valence-electron chi connectivity index (χ3n) is 4.57. The molecule has 2 fully saturated rings. The summed E-state index contributed by atoms with van der Waals surface area (Å²) in [5, 5.41) is 11.3. The Bertz CT molecular complexity index is 818. The fourth-order valence-corrected chi connectivity index (χ4v) is 4.19. The zero-order valence-corrected chi connectivity index (χ0v) is 15.1. The molecule has 0 bridgehead atoms. The van der Waals surface area contributed by atoms with E-state index in [-0.39, 0.29) is 11.6 Å². The molecule has 3 rings (SSSR count). The zero-order chi connectivity index (χ0) is 18.9. The number of benzene rings is 1. The fraction of sp³-hybridized carbons (Fsp3) is 0.562. The van der Waals surface area contributed by atoms with Crippen molar-refractivity contribution in [3.63, 3.8) is 0 Å². The molecule has 1 aromatic rings. The molecule has 142 valence electrons. The first-order valence-corrected chi connectivity index (χ1v) is 10.2. The number of carbonyl (C=O) groups excluding carboxylic acids is 1. The molecule has 0 spiro atoms. The maximum atomic E-state index is 12.9. The van der Waals surface area contributed by atoms with Crippen LogP contribution in [0.5, 0.6) is 0 Å². The molecule has 1 atom stereocenters. The van der Waals surface area contributed by atoms with Gasteiger partial charge in [-0.3, -0.25) is 14.9 Å². The second-order valence-electron chi connectivity index (χ2n) is 6.38. The molecule has 1 aromatic carbocycles. The highest BCUT2D eigenvalue weighted by Crippen LogP contribution is 2.29. The lowest BCUT2D eigenvalue weighted by molar-refractivity contribution is -0.387. The Morgan fingerprint density at radius 1 is 1.27 bits per heavy atom. The van der Waals surface area contributed by atoms with Crippen molar-refractivity contribution < 1.29 is 27.6 Å². The van der Waals surface area contributed by atoms with Crippen LogP contribution in [-0.4, -0.2) is 62.5 Å². The Balaban J connectivity index is 1.93. The van der Waals surface area contributed by atoms with Crippen molar-refractivity contribution in [2.24, 2.45) is 0 Å². The molecule has 2 heterocycles. The average molecular weight is 384 g/mol. The Hall–Kier alpha value is -2.04. The van der Waals surface area contributed by atoms with Crippen molar-refractivity contribution in [2.75, 3.05) is 26.0 Å². The number of nitro groups is 1. The quantitative estimate of drug-likeness (QED) is 0.568. The van der Waals surface area contributed by atoms with Crippen LogP contribution in [0.15, 0.2) is 23.1 Å². The monoisotopic (exact) mass is 384 g/mol. The van der Waals surface area contributed by atoms with Gasteiger partial charge in [-0.05, 0) is 31.4 Å². The first kappa shape index (κ1) is 18.7. The van der Waals surface area contributed by atoms with Crippen molar-refractivity contribution in [2.45, 2.75) is 36.5 Å². The van der Waals surface area contributed by atoms with Gasteiger partial charge in [-0.2, -0.15) is 0 Å². The Kier molecular flexibility index (Phi) is 5.26. The molecule has 1 unspecified atom stereocenters. The number of amides is 1. The molecule has 10 heteroatoms. The maximum absolute atomic E-state index is 12.9. The average Bonchev–Trinajstić information content (AvgIpc) is 3.14. The SMILES string of the molecule is CS(=O)(=O)c1ccc(C(=O)N2CCCCC2C2OCCO2)cc1[N+](=O)[O-]. The molecule has 0 aliphatic carbocycles. The first-order chi connectivity index (χ1) is 12.3. The highest BCUT2D eigenvalue weighted by molar-refractivity contribution is 7.90. The number of hydrogen-bond donors (Lipinski definition) is 0. The van der Waals surface area contributed by atoms with Crippen LogP contribution in [0, 0.1) is 10.1 Å². The highest BCUT2D eigenvalue weighted by Gasteiger charge is 2.37. The Morgan fingerprint density at radius 2 is 1.96 bits per heavy atom. The number of piperidine rings is 1. The molecular formula is C16H20N2O7S. The van der Waals surface area contributed by atoms with E-state index in [1.54, 1.807) is 4.90 Å². The van der Waals surface area contributed by atoms with Gasteiger partial charge >= 0.3 is 0 Å². The molecule has 2 saturated heterocycles. The van der Waals surface area contributed by atoms with E-state index >= 15 is 0 Å². The molecule has 1 amide bonds. The Labute approximate surface area is 150 Å². The third-order valence-corrected chi connectivity index (χ3v) is 5.72. The largest absolute Gasteiger partial charge is 0.348 e. The van der Waals surface area contributed by atoms with Gasteiger partial charge in [0.2, 0.25) is 0 Å². The van der Waals surface area contributed by atoms with Crippen molar-refractivity contribution in [3.05, 3.63) is 33.9 Å². The van der Waals surface area contributed by atoms with Crippen LogP contribution in [0.25, 0.3) is 0 Å². The van der Waals surface area contributed by atoms with E-state index < -0.39 is 37.5 Å². The van der Waals surface area contributed by atoms with E-state index in [9.17, 15) is 23.3 Å². The summed E-state index contributed by atoms with van der Waals surface area (Å²) in [6, 6.07) is 3.20. The van der Waals surface area contributed by atoms with E-state index in [2.05, 4.69) is 0 Å². The van der Waals surface area contributed by atoms with Crippen LogP contribution in [0.2, 0.25) is 0 Å². The second-order valence-corrected chi connectivity index (χ2v) is 8.37. The topological polar surface area (TPSA) is 116 Å². The lowest BCUT2D eigenvalue weighted by Crippen LogP contribution is -2.50. The van der Waals surface area contributed by atoms with E-state index in [0.717, 1.165) is 37.7 Å². The van der Waals surface area contributed by atoms with Gasteiger partial charge in [0, 0.05) is 24.4 Å². The summed E-state index contributed by atoms with van der Waals surface area (Å²) in [4.78, 5) is 24.6. The predicted octanol–water partition coefficient (Wildman–Crippen LogP) is 1.37. The molecule has 0 N–H and O–H groups in total. The summed E-state index contributed by atoms with van der Waals surface area (Å²) in [6.07, 6.45) is 2.87. The van der Waals surface area contributed by atoms with Gasteiger partial charge < -0.3 is 14.4 Å². The zero-order valence-electron chi connectivity index (χ0n) is 14.3. The molecule has 26 heavy (non-hydrogen) atoms. The van der Waals surface area contributed by atoms with Crippen LogP contribution >= 0.6 is 0 Å². The minimum atomic E-state index is -3.78. The fourth-order valence-electron chi connectivity index (χ4n) is 3.36. The number of nitro benzene ring substituents is 1. The number of ether oxygens (including phenoxy) is 2. The molecule has 2 aliphatic heterocycles. The van der Waals surface area contributed by atoms with Crippen molar-refractivity contribution in [3.8, 4) is 0 Å². The minimum absolute atomic E-state index is 0.0778. The Morgan fingerprint density at radius 3 is 2.58 bits per heavy atom. The van der Waals surface area contributed by atoms with Gasteiger partial charge in [-0.1, -0.05) is 0 Å². The summed E-state index contributed by atoms with van der Waals surface area (Å²) in [7, 11) is -3.78. The number of hydrogen-bond acceptors (Lipinski definition) is 7. The summed E-state index contributed by atoms with van der Waals surface area (Å²) < 4.78 is 34.5. The van der Waals surface area contributed by atoms with Gasteiger partial charge in [-0.25, -0.2) is 8.42 Å². The number of likely N-dealkylation sites (tertiary alicyclic amines) is 1. The molecule has 0 aromatic heterocycles. The highest BCUT2D eigenvalue weighted by atomic mass is 32.2. The van der Waals surface area contributed by atoms with Gasteiger partial charge in [0.05, 0.1) is 24.2 Å². The minimum Gasteiger partial charge on any atom is -0.348 e. The van der Waals surface area contributed by atoms with Crippen LogP contribution in [-0.2, 0) is 19.3 Å². The predicted molar refractivity (Wildman–Crippen MR) is 90.6 cm³/mol. The number of carbonyl (C=O) groups is 1. The van der Waals surface area contributed by atoms with Crippen molar-refractivity contribution >= 4 is 21.4 Å². The van der Waals surface area contributed by atoms with Gasteiger partial charge in [0.1, 0.15) is 4.90 Å².